The van der Waals surface area contributed by atoms with E-state index in [0.717, 1.165) is 5.75 Å². The predicted octanol–water partition coefficient (Wildman–Crippen LogP) is 3.59. The molecule has 8 heteroatoms. The Labute approximate surface area is 197 Å². The average molecular weight is 475 g/mol. The number of sulfonamides is 1. The molecule has 0 aromatic heterocycles. The largest absolute Gasteiger partial charge is 0.497 e. The summed E-state index contributed by atoms with van der Waals surface area (Å²) in [6, 6.07) is 14.4. The molecular weight excluding hydrogens is 440 g/mol. The Bertz CT molecular complexity index is 1020. The fourth-order valence-electron chi connectivity index (χ4n) is 3.79. The van der Waals surface area contributed by atoms with Gasteiger partial charge in [0.15, 0.2) is 0 Å². The van der Waals surface area contributed by atoms with Crippen molar-refractivity contribution in [3.05, 3.63) is 54.1 Å². The SMILES string of the molecule is COc1ccc(S(=O)(=O)N2CCC(C(=O)NCCOc3ccc(C(C)(C)C)cc3)CC2)cc1. The first kappa shape index (κ1) is 25.1. The van der Waals surface area contributed by atoms with Crippen LogP contribution in [0.25, 0.3) is 0 Å². The highest BCUT2D eigenvalue weighted by Gasteiger charge is 2.32. The second kappa shape index (κ2) is 10.6. The van der Waals surface area contributed by atoms with Gasteiger partial charge in [0.25, 0.3) is 0 Å². The minimum absolute atomic E-state index is 0.0526. The fraction of sp³-hybridized carbons (Fsp3) is 0.480. The van der Waals surface area contributed by atoms with Crippen LogP contribution in [-0.2, 0) is 20.2 Å². The first-order chi connectivity index (χ1) is 15.6. The lowest BCUT2D eigenvalue weighted by atomic mass is 9.87. The number of methoxy groups -OCH3 is 1. The molecule has 180 valence electrons. The van der Waals surface area contributed by atoms with Crippen molar-refractivity contribution in [2.45, 2.75) is 43.9 Å². The lowest BCUT2D eigenvalue weighted by Crippen LogP contribution is -2.43. The summed E-state index contributed by atoms with van der Waals surface area (Å²) in [6.07, 6.45) is 0.993. The van der Waals surface area contributed by atoms with E-state index in [1.54, 1.807) is 24.3 Å². The van der Waals surface area contributed by atoms with Crippen LogP contribution >= 0.6 is 0 Å². The maximum absolute atomic E-state index is 12.9. The zero-order valence-electron chi connectivity index (χ0n) is 19.8. The van der Waals surface area contributed by atoms with E-state index in [1.807, 2.05) is 12.1 Å². The molecule has 1 aliphatic heterocycles. The summed E-state index contributed by atoms with van der Waals surface area (Å²) in [4.78, 5) is 12.7. The lowest BCUT2D eigenvalue weighted by molar-refractivity contribution is -0.126. The van der Waals surface area contributed by atoms with E-state index in [4.69, 9.17) is 9.47 Å². The maximum atomic E-state index is 12.9. The van der Waals surface area contributed by atoms with E-state index in [2.05, 4.69) is 38.2 Å². The normalized spacial score (nSPS) is 15.8. The van der Waals surface area contributed by atoms with Gasteiger partial charge in [-0.3, -0.25) is 4.79 Å². The Morgan fingerprint density at radius 1 is 1.00 bits per heavy atom. The summed E-state index contributed by atoms with van der Waals surface area (Å²) in [6.45, 7) is 7.92. The van der Waals surface area contributed by atoms with Crippen molar-refractivity contribution in [2.24, 2.45) is 5.92 Å². The molecular formula is C25H34N2O5S. The molecule has 1 fully saturated rings. The van der Waals surface area contributed by atoms with Gasteiger partial charge in [0.2, 0.25) is 15.9 Å². The zero-order chi connectivity index (χ0) is 24.1. The van der Waals surface area contributed by atoms with Crippen LogP contribution in [0.2, 0.25) is 0 Å². The first-order valence-corrected chi connectivity index (χ1v) is 12.7. The Hall–Kier alpha value is -2.58. The minimum atomic E-state index is -3.57. The average Bonchev–Trinajstić information content (AvgIpc) is 2.81. The molecule has 1 amide bonds. The number of ether oxygens (including phenoxy) is 2. The lowest BCUT2D eigenvalue weighted by Gasteiger charge is -2.30. The number of benzene rings is 2. The van der Waals surface area contributed by atoms with Gasteiger partial charge < -0.3 is 14.8 Å². The van der Waals surface area contributed by atoms with Crippen molar-refractivity contribution in [1.82, 2.24) is 9.62 Å². The molecule has 1 saturated heterocycles. The fourth-order valence-corrected chi connectivity index (χ4v) is 5.26. The molecule has 0 bridgehead atoms. The van der Waals surface area contributed by atoms with Crippen molar-refractivity contribution >= 4 is 15.9 Å². The highest BCUT2D eigenvalue weighted by atomic mass is 32.2. The number of nitrogens with one attached hydrogen (secondary N) is 1. The van der Waals surface area contributed by atoms with Crippen LogP contribution in [0.5, 0.6) is 11.5 Å². The number of amides is 1. The summed E-state index contributed by atoms with van der Waals surface area (Å²) < 4.78 is 38.0. The summed E-state index contributed by atoms with van der Waals surface area (Å²) in [5, 5.41) is 2.91. The van der Waals surface area contributed by atoms with Crippen LogP contribution in [-0.4, -0.2) is 52.0 Å². The molecule has 2 aromatic rings. The molecule has 0 unspecified atom stereocenters. The third-order valence-electron chi connectivity index (χ3n) is 5.91. The molecule has 0 saturated carbocycles. The number of carbonyl (C=O) groups is 1. The van der Waals surface area contributed by atoms with Crippen LogP contribution in [0.4, 0.5) is 0 Å². The third kappa shape index (κ3) is 6.48. The van der Waals surface area contributed by atoms with Crippen LogP contribution in [0.15, 0.2) is 53.4 Å². The molecule has 2 aromatic carbocycles. The Kier molecular flexibility index (Phi) is 8.02. The smallest absolute Gasteiger partial charge is 0.243 e. The monoisotopic (exact) mass is 474 g/mol. The summed E-state index contributed by atoms with van der Waals surface area (Å²) >= 11 is 0. The molecule has 1 heterocycles. The van der Waals surface area contributed by atoms with Crippen LogP contribution < -0.4 is 14.8 Å². The number of hydrogen-bond acceptors (Lipinski definition) is 5. The molecule has 3 rings (SSSR count). The summed E-state index contributed by atoms with van der Waals surface area (Å²) in [5.41, 5.74) is 1.33. The quantitative estimate of drug-likeness (QED) is 0.591. The van der Waals surface area contributed by atoms with Crippen LogP contribution in [0.1, 0.15) is 39.2 Å². The standard InChI is InChI=1S/C25H34N2O5S/c1-25(2,3)20-5-7-22(8-6-20)32-18-15-26-24(28)19-13-16-27(17-14-19)33(29,30)23-11-9-21(31-4)10-12-23/h5-12,19H,13-18H2,1-4H3,(H,26,28). The second-order valence-electron chi connectivity index (χ2n) is 9.27. The maximum Gasteiger partial charge on any atom is 0.243 e. The van der Waals surface area contributed by atoms with Crippen molar-refractivity contribution in [1.29, 1.82) is 0 Å². The van der Waals surface area contributed by atoms with E-state index >= 15 is 0 Å². The third-order valence-corrected chi connectivity index (χ3v) is 7.83. The first-order valence-electron chi connectivity index (χ1n) is 11.3. The van der Waals surface area contributed by atoms with Gasteiger partial charge in [-0.05, 0) is 60.2 Å². The van der Waals surface area contributed by atoms with Gasteiger partial charge in [0.05, 0.1) is 18.6 Å². The number of nitrogens with zero attached hydrogens (tertiary/aromatic N) is 1. The molecule has 1 aliphatic rings. The highest BCUT2D eigenvalue weighted by Crippen LogP contribution is 2.26. The van der Waals surface area contributed by atoms with Crippen molar-refractivity contribution in [3.8, 4) is 11.5 Å². The van der Waals surface area contributed by atoms with E-state index in [9.17, 15) is 13.2 Å². The molecule has 33 heavy (non-hydrogen) atoms. The zero-order valence-corrected chi connectivity index (χ0v) is 20.7. The molecule has 0 aliphatic carbocycles. The van der Waals surface area contributed by atoms with E-state index in [0.29, 0.717) is 44.8 Å². The van der Waals surface area contributed by atoms with Gasteiger partial charge in [0, 0.05) is 19.0 Å². The van der Waals surface area contributed by atoms with Crippen molar-refractivity contribution in [3.63, 3.8) is 0 Å². The van der Waals surface area contributed by atoms with Gasteiger partial charge >= 0.3 is 0 Å². The molecule has 0 atom stereocenters. The van der Waals surface area contributed by atoms with Crippen LogP contribution in [0.3, 0.4) is 0 Å². The summed E-state index contributed by atoms with van der Waals surface area (Å²) in [7, 11) is -2.04. The number of piperidine rings is 1. The Morgan fingerprint density at radius 3 is 2.12 bits per heavy atom. The molecule has 1 N–H and O–H groups in total. The van der Waals surface area contributed by atoms with Gasteiger partial charge in [-0.25, -0.2) is 8.42 Å². The Morgan fingerprint density at radius 2 is 1.58 bits per heavy atom. The molecule has 7 nitrogen and oxygen atoms in total. The summed E-state index contributed by atoms with van der Waals surface area (Å²) in [5.74, 6) is 1.13. The van der Waals surface area contributed by atoms with Gasteiger partial charge in [-0.1, -0.05) is 32.9 Å². The highest BCUT2D eigenvalue weighted by molar-refractivity contribution is 7.89. The Balaban J connectivity index is 1.42. The minimum Gasteiger partial charge on any atom is -0.497 e. The predicted molar refractivity (Wildman–Crippen MR) is 128 cm³/mol. The van der Waals surface area contributed by atoms with Gasteiger partial charge in [-0.15, -0.1) is 0 Å². The number of carbonyl (C=O) groups excluding carboxylic acids is 1. The number of hydrogen-bond donors (Lipinski definition) is 1. The topological polar surface area (TPSA) is 84.9 Å². The number of rotatable bonds is 8. The van der Waals surface area contributed by atoms with Gasteiger partial charge in [0.1, 0.15) is 18.1 Å². The van der Waals surface area contributed by atoms with Gasteiger partial charge in [-0.2, -0.15) is 4.31 Å². The van der Waals surface area contributed by atoms with E-state index in [1.165, 1.54) is 17.0 Å². The van der Waals surface area contributed by atoms with E-state index in [-0.39, 0.29) is 22.1 Å². The van der Waals surface area contributed by atoms with Crippen LogP contribution in [0, 0.1) is 5.92 Å². The molecule has 0 radical (unpaired) electrons. The van der Waals surface area contributed by atoms with Crippen molar-refractivity contribution in [2.75, 3.05) is 33.4 Å². The van der Waals surface area contributed by atoms with Crippen molar-refractivity contribution < 1.29 is 22.7 Å². The molecule has 0 spiro atoms. The second-order valence-corrected chi connectivity index (χ2v) is 11.2. The van der Waals surface area contributed by atoms with E-state index < -0.39 is 10.0 Å².